The van der Waals surface area contributed by atoms with Gasteiger partial charge in [-0.15, -0.1) is 0 Å². The summed E-state index contributed by atoms with van der Waals surface area (Å²) in [6.45, 7) is 0.955. The smallest absolute Gasteiger partial charge is 0.229 e. The summed E-state index contributed by atoms with van der Waals surface area (Å²) >= 11 is 6.02. The van der Waals surface area contributed by atoms with Crippen LogP contribution in [0.15, 0.2) is 30.6 Å². The molecule has 0 spiro atoms. The molecule has 1 aromatic carbocycles. The van der Waals surface area contributed by atoms with Crippen molar-refractivity contribution in [3.8, 4) is 5.75 Å². The minimum atomic E-state index is -0.173. The maximum atomic E-state index is 12.6. The van der Waals surface area contributed by atoms with Crippen molar-refractivity contribution in [2.24, 2.45) is 13.0 Å². The molecule has 1 atom stereocenters. The van der Waals surface area contributed by atoms with E-state index >= 15 is 0 Å². The van der Waals surface area contributed by atoms with Crippen molar-refractivity contribution < 1.29 is 9.53 Å². The molecule has 22 heavy (non-hydrogen) atoms. The Morgan fingerprint density at radius 3 is 3.09 bits per heavy atom. The predicted molar refractivity (Wildman–Crippen MR) is 83.8 cm³/mol. The zero-order valence-electron chi connectivity index (χ0n) is 12.6. The van der Waals surface area contributed by atoms with Crippen molar-refractivity contribution in [2.45, 2.75) is 13.0 Å². The van der Waals surface area contributed by atoms with Gasteiger partial charge in [-0.3, -0.25) is 9.48 Å². The summed E-state index contributed by atoms with van der Waals surface area (Å²) in [5.41, 5.74) is 2.01. The number of rotatable bonds is 3. The Kier molecular flexibility index (Phi) is 4.07. The van der Waals surface area contributed by atoms with E-state index in [0.717, 1.165) is 16.9 Å². The van der Waals surface area contributed by atoms with Crippen LogP contribution in [0.5, 0.6) is 5.75 Å². The number of fused-ring (bicyclic) bond motifs is 1. The Labute approximate surface area is 134 Å². The second kappa shape index (κ2) is 6.01. The summed E-state index contributed by atoms with van der Waals surface area (Å²) in [7, 11) is 3.67. The fraction of sp³-hybridized carbons (Fsp3) is 0.375. The van der Waals surface area contributed by atoms with Crippen LogP contribution in [-0.4, -0.2) is 34.2 Å². The number of hydrogen-bond acceptors (Lipinski definition) is 3. The van der Waals surface area contributed by atoms with Gasteiger partial charge in [0.25, 0.3) is 0 Å². The molecule has 0 aliphatic carbocycles. The van der Waals surface area contributed by atoms with E-state index in [1.165, 1.54) is 0 Å². The number of benzene rings is 1. The van der Waals surface area contributed by atoms with Gasteiger partial charge in [0, 0.05) is 37.4 Å². The number of amides is 1. The number of nitrogens with zero attached hydrogens (tertiary/aromatic N) is 3. The highest BCUT2D eigenvalue weighted by atomic mass is 35.5. The Morgan fingerprint density at radius 1 is 1.55 bits per heavy atom. The Bertz CT molecular complexity index is 698. The number of aryl methyl sites for hydroxylation is 1. The topological polar surface area (TPSA) is 47.4 Å². The molecule has 1 aliphatic rings. The summed E-state index contributed by atoms with van der Waals surface area (Å²) in [6, 6.07) is 5.53. The lowest BCUT2D eigenvalue weighted by Gasteiger charge is -2.28. The number of ether oxygens (including phenoxy) is 1. The van der Waals surface area contributed by atoms with Crippen molar-refractivity contribution in [3.63, 3.8) is 0 Å². The molecule has 0 bridgehead atoms. The van der Waals surface area contributed by atoms with Gasteiger partial charge >= 0.3 is 0 Å². The Hall–Kier alpha value is -2.01. The summed E-state index contributed by atoms with van der Waals surface area (Å²) in [5, 5.41) is 4.79. The maximum Gasteiger partial charge on any atom is 0.229 e. The molecule has 0 saturated heterocycles. The van der Waals surface area contributed by atoms with Gasteiger partial charge in [-0.25, -0.2) is 0 Å². The van der Waals surface area contributed by atoms with Crippen molar-refractivity contribution in [3.05, 3.63) is 46.7 Å². The highest BCUT2D eigenvalue weighted by Gasteiger charge is 2.28. The highest BCUT2D eigenvalue weighted by Crippen LogP contribution is 2.30. The van der Waals surface area contributed by atoms with Gasteiger partial charge in [-0.1, -0.05) is 11.6 Å². The van der Waals surface area contributed by atoms with Crippen LogP contribution in [0.3, 0.4) is 0 Å². The maximum absolute atomic E-state index is 12.6. The lowest BCUT2D eigenvalue weighted by atomic mass is 9.95. The summed E-state index contributed by atoms with van der Waals surface area (Å²) in [6.07, 6.45) is 4.35. The van der Waals surface area contributed by atoms with E-state index in [2.05, 4.69) is 5.10 Å². The molecular formula is C16H18ClN3O2. The lowest BCUT2D eigenvalue weighted by Crippen LogP contribution is -2.38. The number of aromatic nitrogens is 2. The molecule has 1 amide bonds. The van der Waals surface area contributed by atoms with Gasteiger partial charge in [0.05, 0.1) is 12.1 Å². The third-order valence-corrected chi connectivity index (χ3v) is 4.07. The van der Waals surface area contributed by atoms with Crippen molar-refractivity contribution >= 4 is 17.5 Å². The van der Waals surface area contributed by atoms with E-state index in [4.69, 9.17) is 16.3 Å². The molecule has 6 heteroatoms. The van der Waals surface area contributed by atoms with E-state index < -0.39 is 0 Å². The largest absolute Gasteiger partial charge is 0.492 e. The first-order chi connectivity index (χ1) is 10.5. The summed E-state index contributed by atoms with van der Waals surface area (Å²) < 4.78 is 7.43. The molecule has 0 N–H and O–H groups in total. The second-order valence-electron chi connectivity index (χ2n) is 5.68. The van der Waals surface area contributed by atoms with Crippen molar-refractivity contribution in [1.82, 2.24) is 14.7 Å². The number of carbonyl (C=O) groups is 1. The number of halogens is 1. The first kappa shape index (κ1) is 14.9. The fourth-order valence-electron chi connectivity index (χ4n) is 2.74. The van der Waals surface area contributed by atoms with Crippen molar-refractivity contribution in [1.29, 1.82) is 0 Å². The molecular weight excluding hydrogens is 302 g/mol. The van der Waals surface area contributed by atoms with Crippen LogP contribution in [-0.2, 0) is 24.8 Å². The van der Waals surface area contributed by atoms with Crippen LogP contribution in [0.1, 0.15) is 11.1 Å². The molecule has 116 valence electrons. The molecule has 1 aliphatic heterocycles. The third kappa shape index (κ3) is 3.09. The minimum absolute atomic E-state index is 0.0782. The molecule has 2 aromatic rings. The van der Waals surface area contributed by atoms with Gasteiger partial charge in [-0.2, -0.15) is 5.10 Å². The van der Waals surface area contributed by atoms with Crippen LogP contribution >= 0.6 is 11.6 Å². The number of carbonyl (C=O) groups excluding carboxylic acids is 1. The van der Waals surface area contributed by atoms with Crippen LogP contribution < -0.4 is 4.74 Å². The summed E-state index contributed by atoms with van der Waals surface area (Å²) in [5.74, 6) is 0.727. The molecule has 5 nitrogen and oxygen atoms in total. The number of hydrogen-bond donors (Lipinski definition) is 0. The molecule has 2 heterocycles. The summed E-state index contributed by atoms with van der Waals surface area (Å²) in [4.78, 5) is 14.3. The van der Waals surface area contributed by atoms with Crippen LogP contribution in [0.4, 0.5) is 0 Å². The quantitative estimate of drug-likeness (QED) is 0.872. The van der Waals surface area contributed by atoms with E-state index in [-0.39, 0.29) is 11.8 Å². The van der Waals surface area contributed by atoms with E-state index in [0.29, 0.717) is 24.6 Å². The normalized spacial score (nSPS) is 16.8. The van der Waals surface area contributed by atoms with Crippen molar-refractivity contribution in [2.75, 3.05) is 13.7 Å². The molecule has 0 radical (unpaired) electrons. The SMILES string of the molecule is CN(Cc1cnn(C)c1)C(=O)[C@H]1COc2ccc(Cl)cc2C1. The molecule has 0 saturated carbocycles. The van der Waals surface area contributed by atoms with Gasteiger partial charge in [0.2, 0.25) is 5.91 Å². The standard InChI is InChI=1S/C16H18ClN3O2/c1-19(8-11-7-18-20(2)9-11)16(21)13-5-12-6-14(17)3-4-15(12)22-10-13/h3-4,6-7,9,13H,5,8,10H2,1-2H3/t13-/m1/s1. The molecule has 1 aromatic heterocycles. The van der Waals surface area contributed by atoms with Gasteiger partial charge in [-0.05, 0) is 30.2 Å². The van der Waals surface area contributed by atoms with Gasteiger partial charge in [0.15, 0.2) is 0 Å². The highest BCUT2D eigenvalue weighted by molar-refractivity contribution is 6.30. The Balaban J connectivity index is 1.68. The first-order valence-electron chi connectivity index (χ1n) is 7.16. The third-order valence-electron chi connectivity index (χ3n) is 3.83. The molecule has 0 unspecified atom stereocenters. The predicted octanol–water partition coefficient (Wildman–Crippen LogP) is 2.28. The fourth-order valence-corrected chi connectivity index (χ4v) is 2.93. The zero-order valence-corrected chi connectivity index (χ0v) is 13.4. The van der Waals surface area contributed by atoms with Crippen LogP contribution in [0, 0.1) is 5.92 Å². The zero-order chi connectivity index (χ0) is 15.7. The molecule has 3 rings (SSSR count). The van der Waals surface area contributed by atoms with Gasteiger partial charge < -0.3 is 9.64 Å². The monoisotopic (exact) mass is 319 g/mol. The van der Waals surface area contributed by atoms with Gasteiger partial charge in [0.1, 0.15) is 12.4 Å². The minimum Gasteiger partial charge on any atom is -0.492 e. The van der Waals surface area contributed by atoms with Crippen LogP contribution in [0.25, 0.3) is 0 Å². The van der Waals surface area contributed by atoms with E-state index in [9.17, 15) is 4.79 Å². The first-order valence-corrected chi connectivity index (χ1v) is 7.54. The van der Waals surface area contributed by atoms with E-state index in [1.807, 2.05) is 32.4 Å². The Morgan fingerprint density at radius 2 is 2.36 bits per heavy atom. The molecule has 0 fully saturated rings. The average molecular weight is 320 g/mol. The average Bonchev–Trinajstić information content (AvgIpc) is 2.90. The van der Waals surface area contributed by atoms with E-state index in [1.54, 1.807) is 21.8 Å². The second-order valence-corrected chi connectivity index (χ2v) is 6.12. The lowest BCUT2D eigenvalue weighted by molar-refractivity contribution is -0.136. The van der Waals surface area contributed by atoms with Crippen LogP contribution in [0.2, 0.25) is 5.02 Å².